The summed E-state index contributed by atoms with van der Waals surface area (Å²) in [5.74, 6) is 1.14. The average Bonchev–Trinajstić information content (AvgIpc) is 2.90. The summed E-state index contributed by atoms with van der Waals surface area (Å²) in [6.45, 7) is 7.04. The van der Waals surface area contributed by atoms with Crippen molar-refractivity contribution in [2.45, 2.75) is 57.9 Å². The summed E-state index contributed by atoms with van der Waals surface area (Å²) in [7, 11) is 0. The van der Waals surface area contributed by atoms with Gasteiger partial charge >= 0.3 is 6.03 Å². The number of benzene rings is 1. The first-order valence-electron chi connectivity index (χ1n) is 10.7. The molecule has 3 rings (SSSR count). The zero-order valence-corrected chi connectivity index (χ0v) is 16.7. The van der Waals surface area contributed by atoms with Crippen LogP contribution >= 0.6 is 0 Å². The molecule has 1 saturated heterocycles. The second-order valence-corrected chi connectivity index (χ2v) is 8.37. The van der Waals surface area contributed by atoms with Gasteiger partial charge in [-0.1, -0.05) is 31.4 Å². The lowest BCUT2D eigenvalue weighted by molar-refractivity contribution is 0.187. The van der Waals surface area contributed by atoms with E-state index in [4.69, 9.17) is 0 Å². The molecule has 5 heteroatoms. The lowest BCUT2D eigenvalue weighted by Crippen LogP contribution is -2.46. The molecule has 0 aromatic heterocycles. The maximum atomic E-state index is 12.7. The number of amides is 2. The fraction of sp³-hybridized carbons (Fsp3) is 0.682. The molecule has 150 valence electrons. The number of rotatable bonds is 5. The quantitative estimate of drug-likeness (QED) is 0.829. The van der Waals surface area contributed by atoms with Crippen LogP contribution in [0.15, 0.2) is 24.3 Å². The molecular formula is C22H35N3O2. The van der Waals surface area contributed by atoms with E-state index in [-0.39, 0.29) is 17.8 Å². The third-order valence-corrected chi connectivity index (χ3v) is 5.96. The Morgan fingerprint density at radius 2 is 1.81 bits per heavy atom. The Bertz CT molecular complexity index is 584. The minimum Gasteiger partial charge on any atom is -0.508 e. The van der Waals surface area contributed by atoms with Gasteiger partial charge < -0.3 is 20.2 Å². The second kappa shape index (κ2) is 9.98. The van der Waals surface area contributed by atoms with Crippen molar-refractivity contribution in [3.8, 4) is 5.75 Å². The number of nitrogens with one attached hydrogen (secondary N) is 1. The lowest BCUT2D eigenvalue weighted by Gasteiger charge is -2.29. The molecule has 0 spiro atoms. The van der Waals surface area contributed by atoms with Crippen LogP contribution in [0.25, 0.3) is 0 Å². The van der Waals surface area contributed by atoms with Gasteiger partial charge in [-0.25, -0.2) is 4.79 Å². The molecule has 1 aliphatic carbocycles. The number of hydrogen-bond donors (Lipinski definition) is 2. The van der Waals surface area contributed by atoms with Crippen LogP contribution in [0.4, 0.5) is 4.79 Å². The second-order valence-electron chi connectivity index (χ2n) is 8.37. The summed E-state index contributed by atoms with van der Waals surface area (Å²) in [4.78, 5) is 17.2. The van der Waals surface area contributed by atoms with Gasteiger partial charge in [-0.3, -0.25) is 0 Å². The van der Waals surface area contributed by atoms with Crippen molar-refractivity contribution in [2.75, 3.05) is 32.7 Å². The molecule has 5 nitrogen and oxygen atoms in total. The predicted molar refractivity (Wildman–Crippen MR) is 109 cm³/mol. The first-order valence-corrected chi connectivity index (χ1v) is 10.7. The fourth-order valence-electron chi connectivity index (χ4n) is 4.43. The van der Waals surface area contributed by atoms with E-state index < -0.39 is 0 Å². The largest absolute Gasteiger partial charge is 0.508 e. The molecule has 1 aliphatic heterocycles. The molecule has 2 fully saturated rings. The number of urea groups is 1. The van der Waals surface area contributed by atoms with Crippen molar-refractivity contribution in [1.29, 1.82) is 0 Å². The summed E-state index contributed by atoms with van der Waals surface area (Å²) in [5.41, 5.74) is 1.12. The number of carbonyl (C=O) groups excluding carboxylic acids is 1. The van der Waals surface area contributed by atoms with E-state index in [1.54, 1.807) is 12.1 Å². The van der Waals surface area contributed by atoms with Gasteiger partial charge in [0.05, 0.1) is 0 Å². The van der Waals surface area contributed by atoms with E-state index in [9.17, 15) is 9.90 Å². The molecule has 0 radical (unpaired) electrons. The zero-order chi connectivity index (χ0) is 19.1. The van der Waals surface area contributed by atoms with E-state index in [1.807, 2.05) is 24.0 Å². The highest BCUT2D eigenvalue weighted by atomic mass is 16.3. The van der Waals surface area contributed by atoms with E-state index in [0.29, 0.717) is 0 Å². The van der Waals surface area contributed by atoms with Crippen LogP contribution in [0.3, 0.4) is 0 Å². The number of hydrogen-bond acceptors (Lipinski definition) is 3. The van der Waals surface area contributed by atoms with Crippen molar-refractivity contribution in [3.05, 3.63) is 29.8 Å². The topological polar surface area (TPSA) is 55.8 Å². The molecule has 1 aromatic carbocycles. The predicted octanol–water partition coefficient (Wildman–Crippen LogP) is 3.62. The summed E-state index contributed by atoms with van der Waals surface area (Å²) in [6, 6.07) is 7.34. The Hall–Kier alpha value is -1.75. The van der Waals surface area contributed by atoms with Gasteiger partial charge in [-0.15, -0.1) is 0 Å². The summed E-state index contributed by atoms with van der Waals surface area (Å²) >= 11 is 0. The third-order valence-electron chi connectivity index (χ3n) is 5.96. The monoisotopic (exact) mass is 373 g/mol. The summed E-state index contributed by atoms with van der Waals surface area (Å²) in [6.07, 6.45) is 8.80. The van der Waals surface area contributed by atoms with Crippen molar-refractivity contribution in [1.82, 2.24) is 15.1 Å². The molecule has 1 atom stereocenters. The molecule has 1 unspecified atom stereocenters. The highest BCUT2D eigenvalue weighted by Crippen LogP contribution is 2.24. The van der Waals surface area contributed by atoms with Crippen LogP contribution < -0.4 is 5.32 Å². The molecule has 1 heterocycles. The highest BCUT2D eigenvalue weighted by molar-refractivity contribution is 5.74. The van der Waals surface area contributed by atoms with Crippen molar-refractivity contribution in [2.24, 2.45) is 5.92 Å². The highest BCUT2D eigenvalue weighted by Gasteiger charge is 2.23. The van der Waals surface area contributed by atoms with Crippen molar-refractivity contribution < 1.29 is 9.90 Å². The van der Waals surface area contributed by atoms with E-state index >= 15 is 0 Å². The molecule has 0 bridgehead atoms. The standard InChI is InChI=1S/C22H35N3O2/c1-18(16-19-8-10-21(26)11-9-19)23-22(27)25-13-5-12-24(14-15-25)17-20-6-3-2-4-7-20/h8-11,18,20,26H,2-7,12-17H2,1H3,(H,23,27). The van der Waals surface area contributed by atoms with Gasteiger partial charge in [0.1, 0.15) is 5.75 Å². The van der Waals surface area contributed by atoms with Gasteiger partial charge in [0.2, 0.25) is 0 Å². The van der Waals surface area contributed by atoms with Crippen LogP contribution in [0.5, 0.6) is 5.75 Å². The van der Waals surface area contributed by atoms with Crippen molar-refractivity contribution >= 4 is 6.03 Å². The maximum Gasteiger partial charge on any atom is 0.317 e. The molecule has 1 aromatic rings. The Morgan fingerprint density at radius 1 is 1.07 bits per heavy atom. The third kappa shape index (κ3) is 6.42. The van der Waals surface area contributed by atoms with Gasteiger partial charge in [0.15, 0.2) is 0 Å². The van der Waals surface area contributed by atoms with Gasteiger partial charge in [-0.05, 0) is 62.8 Å². The van der Waals surface area contributed by atoms with Crippen LogP contribution in [0.2, 0.25) is 0 Å². The number of aromatic hydroxyl groups is 1. The first-order chi connectivity index (χ1) is 13.1. The van der Waals surface area contributed by atoms with E-state index in [2.05, 4.69) is 10.2 Å². The Morgan fingerprint density at radius 3 is 2.56 bits per heavy atom. The average molecular weight is 374 g/mol. The molecule has 2 aliphatic rings. The Kier molecular flexibility index (Phi) is 7.39. The normalized spacial score (nSPS) is 20.9. The SMILES string of the molecule is CC(Cc1ccc(O)cc1)NC(=O)N1CCCN(CC2CCCCC2)CC1. The first kappa shape index (κ1) is 20.0. The van der Waals surface area contributed by atoms with Crippen LogP contribution in [-0.2, 0) is 6.42 Å². The Labute approximate surface area is 163 Å². The Balaban J connectivity index is 1.42. The number of phenolic OH excluding ortho intramolecular Hbond substituents is 1. The van der Waals surface area contributed by atoms with Gasteiger partial charge in [-0.2, -0.15) is 0 Å². The van der Waals surface area contributed by atoms with Gasteiger partial charge in [0, 0.05) is 32.2 Å². The minimum absolute atomic E-state index is 0.0563. The van der Waals surface area contributed by atoms with E-state index in [1.165, 1.54) is 38.6 Å². The molecule has 27 heavy (non-hydrogen) atoms. The summed E-state index contributed by atoms with van der Waals surface area (Å²) < 4.78 is 0. The van der Waals surface area contributed by atoms with Crippen LogP contribution in [0, 0.1) is 5.92 Å². The molecule has 2 amide bonds. The maximum absolute atomic E-state index is 12.7. The number of carbonyl (C=O) groups is 1. The van der Waals surface area contributed by atoms with Crippen molar-refractivity contribution in [3.63, 3.8) is 0 Å². The lowest BCUT2D eigenvalue weighted by atomic mass is 9.89. The molecule has 2 N–H and O–H groups in total. The van der Waals surface area contributed by atoms with Gasteiger partial charge in [0.25, 0.3) is 0 Å². The number of phenols is 1. The zero-order valence-electron chi connectivity index (χ0n) is 16.7. The minimum atomic E-state index is 0.0563. The van der Waals surface area contributed by atoms with Crippen LogP contribution in [0.1, 0.15) is 51.0 Å². The number of nitrogens with zero attached hydrogens (tertiary/aromatic N) is 2. The summed E-state index contributed by atoms with van der Waals surface area (Å²) in [5, 5.41) is 12.5. The smallest absolute Gasteiger partial charge is 0.317 e. The van der Waals surface area contributed by atoms with E-state index in [0.717, 1.165) is 50.5 Å². The molecular weight excluding hydrogens is 338 g/mol. The fourth-order valence-corrected chi connectivity index (χ4v) is 4.43. The van der Waals surface area contributed by atoms with Crippen LogP contribution in [-0.4, -0.2) is 59.7 Å². The molecule has 1 saturated carbocycles.